The molecule has 2 rings (SSSR count). The fraction of sp³-hybridized carbons (Fsp3) is 0.381. The van der Waals surface area contributed by atoms with E-state index in [2.05, 4.69) is 4.79 Å². The van der Waals surface area contributed by atoms with E-state index >= 15 is 0 Å². The van der Waals surface area contributed by atoms with Gasteiger partial charge in [0.1, 0.15) is 0 Å². The van der Waals surface area contributed by atoms with Crippen molar-refractivity contribution < 1.29 is 21.6 Å². The second-order valence-corrected chi connectivity index (χ2v) is 12.8. The van der Waals surface area contributed by atoms with E-state index < -0.39 is 34.9 Å². The van der Waals surface area contributed by atoms with Crippen LogP contribution in [0, 0.1) is 0 Å². The van der Waals surface area contributed by atoms with Crippen molar-refractivity contribution in [2.75, 3.05) is 0 Å². The molecule has 2 aromatic rings. The molecule has 0 bridgehead atoms. The fourth-order valence-corrected chi connectivity index (χ4v) is 7.21. The first kappa shape index (κ1) is 23.0. The Morgan fingerprint density at radius 2 is 1.00 bits per heavy atom. The maximum Gasteiger partial charge on any atom is 0.504 e. The van der Waals surface area contributed by atoms with Crippen LogP contribution in [0.5, 0.6) is 0 Å². The maximum absolute atomic E-state index is 13.3. The van der Waals surface area contributed by atoms with E-state index in [1.807, 2.05) is 41.5 Å². The number of nitrogens with zero attached hydrogens (tertiary/aromatic N) is 2. The molecule has 0 aliphatic heterocycles. The number of sulfone groups is 2. The Balaban J connectivity index is 2.82. The molecule has 0 unspecified atom stereocenters. The Hall–Kier alpha value is -2.28. The van der Waals surface area contributed by atoms with Gasteiger partial charge in [0, 0.05) is 0 Å². The standard InChI is InChI=1S/C21H26N2O4S2/c1-20(2,3)15-11-7-9-13-17(15)28(24,25)19(23-22)29(26,27)18-14-10-8-12-16(18)21(4,5)6/h7-14H,1-6H3. The third-order valence-corrected chi connectivity index (χ3v) is 8.78. The summed E-state index contributed by atoms with van der Waals surface area (Å²) in [6.45, 7) is 10.9. The van der Waals surface area contributed by atoms with Crippen molar-refractivity contribution in [3.8, 4) is 0 Å². The highest BCUT2D eigenvalue weighted by molar-refractivity contribution is 8.31. The highest BCUT2D eigenvalue weighted by atomic mass is 32.3. The summed E-state index contributed by atoms with van der Waals surface area (Å²) in [6.07, 6.45) is 0. The quantitative estimate of drug-likeness (QED) is 0.307. The first-order valence-electron chi connectivity index (χ1n) is 9.06. The predicted molar refractivity (Wildman–Crippen MR) is 113 cm³/mol. The van der Waals surface area contributed by atoms with Gasteiger partial charge in [-0.1, -0.05) is 77.9 Å². The second-order valence-electron chi connectivity index (χ2n) is 8.87. The highest BCUT2D eigenvalue weighted by Crippen LogP contribution is 2.34. The van der Waals surface area contributed by atoms with Crippen LogP contribution in [0.15, 0.2) is 58.3 Å². The Kier molecular flexibility index (Phi) is 5.96. The molecule has 0 radical (unpaired) electrons. The Labute approximate surface area is 173 Å². The van der Waals surface area contributed by atoms with Crippen LogP contribution in [0.2, 0.25) is 0 Å². The van der Waals surface area contributed by atoms with Gasteiger partial charge in [-0.15, -0.1) is 4.79 Å². The SMILES string of the molecule is CC(C)(C)c1ccccc1S(=O)(=O)C(=[N+]=[N-])S(=O)(=O)c1ccccc1C(C)(C)C. The maximum atomic E-state index is 13.3. The molecule has 0 aliphatic carbocycles. The molecule has 0 N–H and O–H groups in total. The van der Waals surface area contributed by atoms with Gasteiger partial charge in [0.25, 0.3) is 19.7 Å². The molecule has 0 aliphatic rings. The van der Waals surface area contributed by atoms with Crippen LogP contribution in [0.25, 0.3) is 5.53 Å². The summed E-state index contributed by atoms with van der Waals surface area (Å²) in [5, 5.41) is 0. The molecule has 0 amide bonds. The summed E-state index contributed by atoms with van der Waals surface area (Å²) < 4.78 is 52.1. The molecular formula is C21H26N2O4S2. The van der Waals surface area contributed by atoms with Crippen LogP contribution in [0.1, 0.15) is 52.7 Å². The zero-order valence-electron chi connectivity index (χ0n) is 17.5. The van der Waals surface area contributed by atoms with Gasteiger partial charge in [0.05, 0.1) is 9.79 Å². The summed E-state index contributed by atoms with van der Waals surface area (Å²) in [6, 6.07) is 12.3. The molecule has 6 nitrogen and oxygen atoms in total. The lowest BCUT2D eigenvalue weighted by Gasteiger charge is -2.23. The van der Waals surface area contributed by atoms with Crippen molar-refractivity contribution in [1.82, 2.24) is 0 Å². The van der Waals surface area contributed by atoms with Gasteiger partial charge in [-0.2, -0.15) is 0 Å². The summed E-state index contributed by atoms with van der Waals surface area (Å²) in [4.78, 5) is 2.38. The smallest absolute Gasteiger partial charge is 0.359 e. The normalized spacial score (nSPS) is 13.0. The highest BCUT2D eigenvalue weighted by Gasteiger charge is 2.47. The third-order valence-electron chi connectivity index (χ3n) is 4.51. The van der Waals surface area contributed by atoms with Crippen molar-refractivity contribution in [1.29, 1.82) is 0 Å². The molecule has 0 heterocycles. The van der Waals surface area contributed by atoms with E-state index in [1.54, 1.807) is 24.3 Å². The van der Waals surface area contributed by atoms with Crippen LogP contribution in [0.3, 0.4) is 0 Å². The van der Waals surface area contributed by atoms with E-state index in [4.69, 9.17) is 0 Å². The molecule has 8 heteroatoms. The number of rotatable bonds is 2. The van der Waals surface area contributed by atoms with Crippen LogP contribution >= 0.6 is 0 Å². The average Bonchev–Trinajstić information content (AvgIpc) is 2.60. The Morgan fingerprint density at radius 1 is 0.690 bits per heavy atom. The summed E-state index contributed by atoms with van der Waals surface area (Å²) >= 11 is 0. The van der Waals surface area contributed by atoms with Gasteiger partial charge in [0.15, 0.2) is 0 Å². The molecule has 0 saturated heterocycles. The van der Waals surface area contributed by atoms with Crippen LogP contribution < -0.4 is 0 Å². The van der Waals surface area contributed by atoms with Crippen molar-refractivity contribution in [2.24, 2.45) is 0 Å². The molecule has 2 aromatic carbocycles. The van der Waals surface area contributed by atoms with Gasteiger partial charge in [-0.25, -0.2) is 16.8 Å². The number of hydrogen-bond acceptors (Lipinski definition) is 4. The Morgan fingerprint density at radius 3 is 1.28 bits per heavy atom. The molecular weight excluding hydrogens is 408 g/mol. The van der Waals surface area contributed by atoms with Crippen molar-refractivity contribution in [3.05, 3.63) is 65.2 Å². The van der Waals surface area contributed by atoms with E-state index in [1.165, 1.54) is 24.3 Å². The van der Waals surface area contributed by atoms with Gasteiger partial charge in [-0.05, 0) is 34.1 Å². The van der Waals surface area contributed by atoms with Crippen LogP contribution in [-0.2, 0) is 30.5 Å². The zero-order valence-corrected chi connectivity index (χ0v) is 19.1. The van der Waals surface area contributed by atoms with Crippen LogP contribution in [0.4, 0.5) is 0 Å². The largest absolute Gasteiger partial charge is 0.504 e. The minimum Gasteiger partial charge on any atom is -0.359 e. The first-order chi connectivity index (χ1) is 13.1. The van der Waals surface area contributed by atoms with Crippen molar-refractivity contribution in [3.63, 3.8) is 0 Å². The number of benzene rings is 2. The molecule has 0 fully saturated rings. The summed E-state index contributed by atoms with van der Waals surface area (Å²) in [7, 11) is -9.24. The zero-order chi connectivity index (χ0) is 22.3. The third kappa shape index (κ3) is 4.34. The fourth-order valence-electron chi connectivity index (χ4n) is 3.08. The second kappa shape index (κ2) is 7.52. The van der Waals surface area contributed by atoms with Crippen LogP contribution in [-0.4, -0.2) is 26.0 Å². The molecule has 29 heavy (non-hydrogen) atoms. The van der Waals surface area contributed by atoms with Gasteiger partial charge in [0.2, 0.25) is 0 Å². The van der Waals surface area contributed by atoms with Crippen molar-refractivity contribution in [2.45, 2.75) is 62.2 Å². The Bertz CT molecular complexity index is 1100. The molecule has 0 atom stereocenters. The molecule has 0 aromatic heterocycles. The molecule has 0 spiro atoms. The topological polar surface area (TPSA) is 105 Å². The monoisotopic (exact) mass is 434 g/mol. The lowest BCUT2D eigenvalue weighted by atomic mass is 9.87. The first-order valence-corrected chi connectivity index (χ1v) is 12.0. The summed E-state index contributed by atoms with van der Waals surface area (Å²) in [5.41, 5.74) is 9.25. The van der Waals surface area contributed by atoms with Gasteiger partial charge in [-0.3, -0.25) is 0 Å². The average molecular weight is 435 g/mol. The van der Waals surface area contributed by atoms with Gasteiger partial charge < -0.3 is 5.53 Å². The number of hydrogen-bond donors (Lipinski definition) is 0. The predicted octanol–water partition coefficient (Wildman–Crippen LogP) is 4.12. The van der Waals surface area contributed by atoms with E-state index in [9.17, 15) is 22.4 Å². The minimum absolute atomic E-state index is 0.197. The summed E-state index contributed by atoms with van der Waals surface area (Å²) in [5.74, 6) is 0. The van der Waals surface area contributed by atoms with Gasteiger partial charge >= 0.3 is 4.38 Å². The minimum atomic E-state index is -4.62. The van der Waals surface area contributed by atoms with E-state index in [0.29, 0.717) is 11.1 Å². The van der Waals surface area contributed by atoms with Crippen molar-refractivity contribution >= 4 is 24.1 Å². The molecule has 0 saturated carbocycles. The van der Waals surface area contributed by atoms with E-state index in [0.717, 1.165) is 0 Å². The lowest BCUT2D eigenvalue weighted by Crippen LogP contribution is -2.30. The lowest BCUT2D eigenvalue weighted by molar-refractivity contribution is 0.00379. The van der Waals surface area contributed by atoms with E-state index in [-0.39, 0.29) is 9.79 Å². The molecule has 156 valence electrons.